The smallest absolute Gasteiger partial charge is 0.237 e. The summed E-state index contributed by atoms with van der Waals surface area (Å²) >= 11 is 0. The Morgan fingerprint density at radius 2 is 2.12 bits per heavy atom. The lowest BCUT2D eigenvalue weighted by Crippen LogP contribution is -2.41. The summed E-state index contributed by atoms with van der Waals surface area (Å²) in [5.74, 6) is 0.641. The van der Waals surface area contributed by atoms with Crippen molar-refractivity contribution < 1.29 is 14.3 Å². The van der Waals surface area contributed by atoms with Gasteiger partial charge in [-0.15, -0.1) is 0 Å². The Morgan fingerprint density at radius 1 is 1.31 bits per heavy atom. The summed E-state index contributed by atoms with van der Waals surface area (Å²) in [6.45, 7) is 3.76. The molecule has 2 aromatic rings. The van der Waals surface area contributed by atoms with Crippen LogP contribution in [0.2, 0.25) is 0 Å². The minimum Gasteiger partial charge on any atom is -0.488 e. The van der Waals surface area contributed by atoms with E-state index >= 15 is 0 Å². The summed E-state index contributed by atoms with van der Waals surface area (Å²) < 4.78 is 11.4. The molecule has 5 nitrogen and oxygen atoms in total. The zero-order chi connectivity index (χ0) is 18.4. The van der Waals surface area contributed by atoms with Crippen LogP contribution in [0.3, 0.4) is 0 Å². The number of ether oxygens (including phenoxy) is 2. The lowest BCUT2D eigenvalue weighted by Gasteiger charge is -2.18. The molecule has 1 saturated heterocycles. The molecule has 1 aliphatic heterocycles. The minimum atomic E-state index is -0.574. The van der Waals surface area contributed by atoms with Gasteiger partial charge < -0.3 is 20.5 Å². The third-order valence-electron chi connectivity index (χ3n) is 4.49. The topological polar surface area (TPSA) is 73.6 Å². The van der Waals surface area contributed by atoms with Gasteiger partial charge in [-0.2, -0.15) is 0 Å². The van der Waals surface area contributed by atoms with Crippen molar-refractivity contribution in [3.63, 3.8) is 0 Å². The summed E-state index contributed by atoms with van der Waals surface area (Å²) in [5.41, 5.74) is 9.17. The van der Waals surface area contributed by atoms with E-state index in [1.54, 1.807) is 0 Å². The summed E-state index contributed by atoms with van der Waals surface area (Å²) in [6.07, 6.45) is 1.48. The van der Waals surface area contributed by atoms with Crippen LogP contribution in [-0.4, -0.2) is 31.3 Å². The van der Waals surface area contributed by atoms with Gasteiger partial charge in [0.05, 0.1) is 19.3 Å². The molecule has 0 aromatic heterocycles. The number of nitrogens with one attached hydrogen (secondary N) is 1. The van der Waals surface area contributed by atoms with Crippen molar-refractivity contribution in [1.29, 1.82) is 0 Å². The van der Waals surface area contributed by atoms with Gasteiger partial charge in [-0.3, -0.25) is 4.79 Å². The van der Waals surface area contributed by atoms with Crippen molar-refractivity contribution in [3.05, 3.63) is 65.2 Å². The fraction of sp³-hybridized carbons (Fsp3) is 0.381. The number of rotatable bonds is 7. The number of carbonyl (C=O) groups excluding carboxylic acids is 1. The molecule has 0 spiro atoms. The number of amides is 1. The Morgan fingerprint density at radius 3 is 2.85 bits per heavy atom. The monoisotopic (exact) mass is 354 g/mol. The van der Waals surface area contributed by atoms with E-state index in [0.29, 0.717) is 19.6 Å². The van der Waals surface area contributed by atoms with E-state index in [4.69, 9.17) is 15.2 Å². The van der Waals surface area contributed by atoms with Crippen LogP contribution in [0.5, 0.6) is 5.75 Å². The highest BCUT2D eigenvalue weighted by Gasteiger charge is 2.19. The van der Waals surface area contributed by atoms with Crippen molar-refractivity contribution in [2.75, 3.05) is 13.2 Å². The first-order valence-corrected chi connectivity index (χ1v) is 9.03. The highest BCUT2D eigenvalue weighted by atomic mass is 16.5. The zero-order valence-corrected chi connectivity index (χ0v) is 15.1. The third kappa shape index (κ3) is 5.07. The van der Waals surface area contributed by atoms with Gasteiger partial charge in [0.1, 0.15) is 11.9 Å². The number of aryl methyl sites for hydroxylation is 1. The molecular formula is C21H26N2O3. The van der Waals surface area contributed by atoms with Crippen LogP contribution >= 0.6 is 0 Å². The molecule has 1 aliphatic rings. The lowest BCUT2D eigenvalue weighted by atomic mass is 10.1. The van der Waals surface area contributed by atoms with Crippen molar-refractivity contribution in [3.8, 4) is 5.75 Å². The Kier molecular flexibility index (Phi) is 6.26. The molecule has 0 aliphatic carbocycles. The van der Waals surface area contributed by atoms with E-state index in [0.717, 1.165) is 35.5 Å². The van der Waals surface area contributed by atoms with Gasteiger partial charge in [0.25, 0.3) is 0 Å². The fourth-order valence-electron chi connectivity index (χ4n) is 2.98. The van der Waals surface area contributed by atoms with Crippen LogP contribution in [0.25, 0.3) is 0 Å². The first-order chi connectivity index (χ1) is 12.6. The molecule has 0 radical (unpaired) electrons. The van der Waals surface area contributed by atoms with Crippen LogP contribution in [-0.2, 0) is 22.5 Å². The van der Waals surface area contributed by atoms with E-state index in [1.807, 2.05) is 55.5 Å². The molecule has 1 fully saturated rings. The van der Waals surface area contributed by atoms with E-state index in [9.17, 15) is 4.79 Å². The predicted octanol–water partition coefficient (Wildman–Crippen LogP) is 2.35. The maximum absolute atomic E-state index is 12.3. The van der Waals surface area contributed by atoms with Gasteiger partial charge >= 0.3 is 0 Å². The average molecular weight is 354 g/mol. The molecule has 138 valence electrons. The Labute approximate surface area is 154 Å². The van der Waals surface area contributed by atoms with Crippen LogP contribution in [0.4, 0.5) is 0 Å². The summed E-state index contributed by atoms with van der Waals surface area (Å²) in [5, 5.41) is 2.93. The number of hydrogen-bond acceptors (Lipinski definition) is 4. The van der Waals surface area contributed by atoms with Crippen molar-refractivity contribution >= 4 is 5.91 Å². The molecule has 2 atom stereocenters. The normalized spacial score (nSPS) is 17.7. The lowest BCUT2D eigenvalue weighted by molar-refractivity contribution is -0.122. The largest absolute Gasteiger partial charge is 0.488 e. The molecule has 3 rings (SSSR count). The standard InChI is InChI=1S/C21H26N2O3/c1-15-7-8-17(20(11-15)26-18-9-10-25-14-18)13-23-21(24)19(22)12-16-5-3-2-4-6-16/h2-8,11,18-19H,9-10,12-14,22H2,1H3,(H,23,24)/t18?,19-/m0/s1. The van der Waals surface area contributed by atoms with E-state index in [2.05, 4.69) is 5.32 Å². The maximum atomic E-state index is 12.3. The van der Waals surface area contributed by atoms with Crippen LogP contribution < -0.4 is 15.8 Å². The Bertz CT molecular complexity index is 727. The Balaban J connectivity index is 1.58. The summed E-state index contributed by atoms with van der Waals surface area (Å²) in [4.78, 5) is 12.3. The first kappa shape index (κ1) is 18.4. The fourth-order valence-corrected chi connectivity index (χ4v) is 2.98. The van der Waals surface area contributed by atoms with Crippen molar-refractivity contribution in [1.82, 2.24) is 5.32 Å². The van der Waals surface area contributed by atoms with Gasteiger partial charge in [0, 0.05) is 18.5 Å². The van der Waals surface area contributed by atoms with Crippen LogP contribution in [0.1, 0.15) is 23.1 Å². The molecule has 1 unspecified atom stereocenters. The molecule has 1 heterocycles. The molecule has 0 saturated carbocycles. The average Bonchev–Trinajstić information content (AvgIpc) is 3.14. The maximum Gasteiger partial charge on any atom is 0.237 e. The molecule has 3 N–H and O–H groups in total. The third-order valence-corrected chi connectivity index (χ3v) is 4.49. The Hall–Kier alpha value is -2.37. The highest BCUT2D eigenvalue weighted by Crippen LogP contribution is 2.23. The van der Waals surface area contributed by atoms with Gasteiger partial charge in [-0.05, 0) is 30.5 Å². The SMILES string of the molecule is Cc1ccc(CNC(=O)[C@@H](N)Cc2ccccc2)c(OC2CCOC2)c1. The van der Waals surface area contributed by atoms with Gasteiger partial charge in [0.15, 0.2) is 0 Å². The minimum absolute atomic E-state index is 0.0755. The second-order valence-electron chi connectivity index (χ2n) is 6.73. The molecule has 5 heteroatoms. The molecule has 2 aromatic carbocycles. The number of benzene rings is 2. The highest BCUT2D eigenvalue weighted by molar-refractivity contribution is 5.81. The number of nitrogens with two attached hydrogens (primary N) is 1. The second kappa shape index (κ2) is 8.83. The van der Waals surface area contributed by atoms with Gasteiger partial charge in [-0.1, -0.05) is 42.5 Å². The number of hydrogen-bond donors (Lipinski definition) is 2. The van der Waals surface area contributed by atoms with Crippen molar-refractivity contribution in [2.24, 2.45) is 5.73 Å². The van der Waals surface area contributed by atoms with Crippen LogP contribution in [0, 0.1) is 6.92 Å². The van der Waals surface area contributed by atoms with Gasteiger partial charge in [0.2, 0.25) is 5.91 Å². The van der Waals surface area contributed by atoms with E-state index < -0.39 is 6.04 Å². The van der Waals surface area contributed by atoms with Gasteiger partial charge in [-0.25, -0.2) is 0 Å². The summed E-state index contributed by atoms with van der Waals surface area (Å²) in [7, 11) is 0. The molecule has 1 amide bonds. The van der Waals surface area contributed by atoms with E-state index in [-0.39, 0.29) is 12.0 Å². The predicted molar refractivity (Wildman–Crippen MR) is 101 cm³/mol. The quantitative estimate of drug-likeness (QED) is 0.800. The van der Waals surface area contributed by atoms with Crippen molar-refractivity contribution in [2.45, 2.75) is 38.5 Å². The summed E-state index contributed by atoms with van der Waals surface area (Å²) in [6, 6.07) is 15.2. The molecular weight excluding hydrogens is 328 g/mol. The molecule has 0 bridgehead atoms. The van der Waals surface area contributed by atoms with E-state index in [1.165, 1.54) is 0 Å². The number of carbonyl (C=O) groups is 1. The second-order valence-corrected chi connectivity index (χ2v) is 6.73. The first-order valence-electron chi connectivity index (χ1n) is 9.03. The zero-order valence-electron chi connectivity index (χ0n) is 15.1. The van der Waals surface area contributed by atoms with Crippen LogP contribution in [0.15, 0.2) is 48.5 Å². The molecule has 26 heavy (non-hydrogen) atoms.